The summed E-state index contributed by atoms with van der Waals surface area (Å²) in [7, 11) is 0. The third kappa shape index (κ3) is 2.07. The Balaban J connectivity index is 2.01. The molecule has 5 nitrogen and oxygen atoms in total. The lowest BCUT2D eigenvalue weighted by atomic mass is 10.3. The second-order valence-electron chi connectivity index (χ2n) is 3.25. The van der Waals surface area contributed by atoms with Crippen molar-refractivity contribution in [2.45, 2.75) is 0 Å². The largest absolute Gasteiger partial charge is 0.345 e. The number of thiazole rings is 1. The number of piperazine rings is 1. The van der Waals surface area contributed by atoms with Gasteiger partial charge in [0.1, 0.15) is 10.9 Å². The molecule has 0 spiro atoms. The molecular formula is C9H10N4OS. The number of carbonyl (C=O) groups excluding carboxylic acids is 1. The number of nitrogens with zero attached hydrogens (tertiary/aromatic N) is 4. The van der Waals surface area contributed by atoms with Crippen LogP contribution in [0.4, 0.5) is 5.13 Å². The van der Waals surface area contributed by atoms with Crippen LogP contribution in [0.15, 0.2) is 6.20 Å². The molecule has 0 bridgehead atoms. The van der Waals surface area contributed by atoms with E-state index in [1.807, 2.05) is 0 Å². The molecule has 1 aliphatic rings. The third-order valence-corrected chi connectivity index (χ3v) is 3.30. The predicted molar refractivity (Wildman–Crippen MR) is 56.7 cm³/mol. The molecule has 0 saturated carbocycles. The van der Waals surface area contributed by atoms with E-state index in [0.29, 0.717) is 4.88 Å². The molecule has 15 heavy (non-hydrogen) atoms. The highest BCUT2D eigenvalue weighted by Gasteiger charge is 2.17. The van der Waals surface area contributed by atoms with Crippen LogP contribution in [-0.2, 0) is 4.79 Å². The van der Waals surface area contributed by atoms with Gasteiger partial charge in [-0.3, -0.25) is 4.79 Å². The molecule has 1 aliphatic heterocycles. The Morgan fingerprint density at radius 1 is 1.47 bits per heavy atom. The van der Waals surface area contributed by atoms with Crippen LogP contribution in [0.1, 0.15) is 4.88 Å². The maximum absolute atomic E-state index is 10.5. The zero-order chi connectivity index (χ0) is 10.7. The van der Waals surface area contributed by atoms with Crippen LogP contribution in [0.25, 0.3) is 0 Å². The highest BCUT2D eigenvalue weighted by molar-refractivity contribution is 7.16. The van der Waals surface area contributed by atoms with E-state index in [-0.39, 0.29) is 0 Å². The molecule has 78 valence electrons. The Morgan fingerprint density at radius 2 is 2.20 bits per heavy atom. The summed E-state index contributed by atoms with van der Waals surface area (Å²) in [4.78, 5) is 19.2. The molecule has 0 unspecified atom stereocenters. The fourth-order valence-electron chi connectivity index (χ4n) is 1.48. The summed E-state index contributed by atoms with van der Waals surface area (Å²) in [6, 6.07) is 2.07. The first-order chi connectivity index (χ1) is 7.33. The highest BCUT2D eigenvalue weighted by Crippen LogP contribution is 2.22. The number of anilines is 1. The third-order valence-electron chi connectivity index (χ3n) is 2.34. The van der Waals surface area contributed by atoms with Crippen LogP contribution in [-0.4, -0.2) is 42.5 Å². The zero-order valence-electron chi connectivity index (χ0n) is 8.09. The molecule has 6 heteroatoms. The lowest BCUT2D eigenvalue weighted by molar-refractivity contribution is -0.118. The quantitative estimate of drug-likeness (QED) is 0.675. The molecule has 0 atom stereocenters. The molecular weight excluding hydrogens is 212 g/mol. The predicted octanol–water partition coefficient (Wildman–Crippen LogP) is 0.293. The molecule has 2 heterocycles. The van der Waals surface area contributed by atoms with E-state index in [1.165, 1.54) is 11.3 Å². The van der Waals surface area contributed by atoms with Gasteiger partial charge in [-0.2, -0.15) is 5.26 Å². The Hall–Kier alpha value is -1.61. The second kappa shape index (κ2) is 4.28. The SMILES string of the molecule is N#Cc1cnc(N2CCN(C=O)CC2)s1. The van der Waals surface area contributed by atoms with Crippen LogP contribution in [0.5, 0.6) is 0 Å². The van der Waals surface area contributed by atoms with Crippen molar-refractivity contribution in [1.82, 2.24) is 9.88 Å². The van der Waals surface area contributed by atoms with Crippen molar-refractivity contribution in [2.24, 2.45) is 0 Å². The number of carbonyl (C=O) groups is 1. The van der Waals surface area contributed by atoms with Gasteiger partial charge in [0.25, 0.3) is 0 Å². The number of aromatic nitrogens is 1. The fourth-order valence-corrected chi connectivity index (χ4v) is 2.25. The van der Waals surface area contributed by atoms with Crippen molar-refractivity contribution < 1.29 is 4.79 Å². The standard InChI is InChI=1S/C9H10N4OS/c10-5-8-6-11-9(15-8)13-3-1-12(7-14)2-4-13/h6-7H,1-4H2. The maximum Gasteiger partial charge on any atom is 0.209 e. The van der Waals surface area contributed by atoms with E-state index >= 15 is 0 Å². The van der Waals surface area contributed by atoms with E-state index in [4.69, 9.17) is 5.26 Å². The number of rotatable bonds is 2. The van der Waals surface area contributed by atoms with Gasteiger partial charge in [-0.05, 0) is 0 Å². The molecule has 1 amide bonds. The van der Waals surface area contributed by atoms with Crippen molar-refractivity contribution in [3.05, 3.63) is 11.1 Å². The minimum Gasteiger partial charge on any atom is -0.345 e. The van der Waals surface area contributed by atoms with Crippen LogP contribution >= 0.6 is 11.3 Å². The molecule has 0 N–H and O–H groups in total. The van der Waals surface area contributed by atoms with Crippen molar-refractivity contribution >= 4 is 22.9 Å². The van der Waals surface area contributed by atoms with Gasteiger partial charge in [0.15, 0.2) is 5.13 Å². The summed E-state index contributed by atoms with van der Waals surface area (Å²) in [5.41, 5.74) is 0. The van der Waals surface area contributed by atoms with Gasteiger partial charge in [0.2, 0.25) is 6.41 Å². The number of amides is 1. The lowest BCUT2D eigenvalue weighted by Crippen LogP contribution is -2.45. The highest BCUT2D eigenvalue weighted by atomic mass is 32.1. The summed E-state index contributed by atoms with van der Waals surface area (Å²) >= 11 is 1.40. The first kappa shape index (κ1) is 9.93. The van der Waals surface area contributed by atoms with Crippen LogP contribution in [0.3, 0.4) is 0 Å². The average molecular weight is 222 g/mol. The average Bonchev–Trinajstić information content (AvgIpc) is 2.78. The smallest absolute Gasteiger partial charge is 0.209 e. The Kier molecular flexibility index (Phi) is 2.83. The van der Waals surface area contributed by atoms with Crippen molar-refractivity contribution in [2.75, 3.05) is 31.1 Å². The monoisotopic (exact) mass is 222 g/mol. The Bertz CT molecular complexity index is 389. The van der Waals surface area contributed by atoms with Crippen LogP contribution in [0.2, 0.25) is 0 Å². The van der Waals surface area contributed by atoms with Crippen LogP contribution in [0, 0.1) is 11.3 Å². The van der Waals surface area contributed by atoms with Crippen molar-refractivity contribution in [1.29, 1.82) is 5.26 Å². The van der Waals surface area contributed by atoms with E-state index < -0.39 is 0 Å². The second-order valence-corrected chi connectivity index (χ2v) is 4.26. The van der Waals surface area contributed by atoms with E-state index in [9.17, 15) is 4.79 Å². The van der Waals surface area contributed by atoms with Gasteiger partial charge >= 0.3 is 0 Å². The zero-order valence-corrected chi connectivity index (χ0v) is 8.90. The van der Waals surface area contributed by atoms with E-state index in [0.717, 1.165) is 37.7 Å². The molecule has 0 aliphatic carbocycles. The van der Waals surface area contributed by atoms with Crippen LogP contribution < -0.4 is 4.90 Å². The molecule has 0 aromatic carbocycles. The van der Waals surface area contributed by atoms with Gasteiger partial charge in [0.05, 0.1) is 6.20 Å². The number of nitriles is 1. The molecule has 2 rings (SSSR count). The van der Waals surface area contributed by atoms with Gasteiger partial charge in [-0.25, -0.2) is 4.98 Å². The normalized spacial score (nSPS) is 16.2. The molecule has 1 fully saturated rings. The Morgan fingerprint density at radius 3 is 2.73 bits per heavy atom. The maximum atomic E-state index is 10.5. The number of hydrogen-bond donors (Lipinski definition) is 0. The van der Waals surface area contributed by atoms with Gasteiger partial charge in [-0.15, -0.1) is 0 Å². The fraction of sp³-hybridized carbons (Fsp3) is 0.444. The summed E-state index contributed by atoms with van der Waals surface area (Å²) in [5, 5.41) is 9.55. The minimum absolute atomic E-state index is 0.628. The van der Waals surface area contributed by atoms with Gasteiger partial charge in [-0.1, -0.05) is 11.3 Å². The first-order valence-corrected chi connectivity index (χ1v) is 5.45. The van der Waals surface area contributed by atoms with E-state index in [2.05, 4.69) is 16.0 Å². The summed E-state index contributed by atoms with van der Waals surface area (Å²) < 4.78 is 0. The summed E-state index contributed by atoms with van der Waals surface area (Å²) in [6.07, 6.45) is 2.46. The molecule has 1 aromatic rings. The molecule has 1 aromatic heterocycles. The Labute approximate surface area is 91.5 Å². The van der Waals surface area contributed by atoms with Gasteiger partial charge < -0.3 is 9.80 Å². The van der Waals surface area contributed by atoms with Gasteiger partial charge in [0, 0.05) is 26.2 Å². The molecule has 1 saturated heterocycles. The first-order valence-electron chi connectivity index (χ1n) is 4.63. The molecule has 0 radical (unpaired) electrons. The topological polar surface area (TPSA) is 60.2 Å². The minimum atomic E-state index is 0.628. The number of hydrogen-bond acceptors (Lipinski definition) is 5. The van der Waals surface area contributed by atoms with Crippen molar-refractivity contribution in [3.8, 4) is 6.07 Å². The van der Waals surface area contributed by atoms with E-state index in [1.54, 1.807) is 11.1 Å². The van der Waals surface area contributed by atoms with Crippen molar-refractivity contribution in [3.63, 3.8) is 0 Å². The summed E-state index contributed by atoms with van der Waals surface area (Å²) in [6.45, 7) is 3.03. The summed E-state index contributed by atoms with van der Waals surface area (Å²) in [5.74, 6) is 0. The lowest BCUT2D eigenvalue weighted by Gasteiger charge is -2.32.